The number of halogens is 1. The summed E-state index contributed by atoms with van der Waals surface area (Å²) in [6.45, 7) is 4.17. The Bertz CT molecular complexity index is 1410. The number of pyridine rings is 1. The van der Waals surface area contributed by atoms with Crippen molar-refractivity contribution >= 4 is 39.2 Å². The number of ether oxygens (including phenoxy) is 1. The van der Waals surface area contributed by atoms with Crippen LogP contribution in [0.5, 0.6) is 11.8 Å². The maximum Gasteiger partial charge on any atom is 0.326 e. The number of carbonyl (C=O) groups is 1. The second kappa shape index (κ2) is 7.91. The number of aromatic amines is 1. The van der Waals surface area contributed by atoms with Crippen LogP contribution in [0.1, 0.15) is 23.8 Å². The van der Waals surface area contributed by atoms with E-state index in [4.69, 9.17) is 9.72 Å². The molecule has 2 unspecified atom stereocenters. The fourth-order valence-electron chi connectivity index (χ4n) is 5.07. The third-order valence-corrected chi connectivity index (χ3v) is 6.72. The van der Waals surface area contributed by atoms with Crippen LogP contribution in [-0.2, 0) is 0 Å². The first kappa shape index (κ1) is 20.8. The first-order valence-electron chi connectivity index (χ1n) is 11.3. The van der Waals surface area contributed by atoms with E-state index in [2.05, 4.69) is 30.5 Å². The number of H-pyrrole nitrogens is 1. The monoisotopic (exact) mass is 461 g/mol. The molecule has 0 spiro atoms. The van der Waals surface area contributed by atoms with E-state index in [1.165, 1.54) is 25.3 Å². The van der Waals surface area contributed by atoms with Crippen LogP contribution in [0.25, 0.3) is 21.9 Å². The number of hydrogen-bond acceptors (Lipinski definition) is 8. The van der Waals surface area contributed by atoms with Gasteiger partial charge in [0.2, 0.25) is 0 Å². The third-order valence-electron chi connectivity index (χ3n) is 6.72. The summed E-state index contributed by atoms with van der Waals surface area (Å²) in [4.78, 5) is 30.6. The van der Waals surface area contributed by atoms with Gasteiger partial charge in [-0.1, -0.05) is 0 Å². The lowest BCUT2D eigenvalue weighted by molar-refractivity contribution is 0.101. The number of anilines is 2. The van der Waals surface area contributed by atoms with Crippen LogP contribution in [0.15, 0.2) is 30.5 Å². The molecule has 2 atom stereocenters. The molecule has 0 bridgehead atoms. The molecule has 3 N–H and O–H groups in total. The summed E-state index contributed by atoms with van der Waals surface area (Å²) in [6.07, 6.45) is 2.60. The minimum Gasteiger partial charge on any atom is -0.423 e. The van der Waals surface area contributed by atoms with Crippen LogP contribution in [0.4, 0.5) is 15.9 Å². The summed E-state index contributed by atoms with van der Waals surface area (Å²) < 4.78 is 20.4. The number of aromatic nitrogens is 4. The van der Waals surface area contributed by atoms with Crippen molar-refractivity contribution in [1.82, 2.24) is 25.3 Å². The average Bonchev–Trinajstić information content (AvgIpc) is 3.52. The zero-order chi connectivity index (χ0) is 23.4. The molecule has 2 saturated heterocycles. The van der Waals surface area contributed by atoms with Gasteiger partial charge in [-0.3, -0.25) is 4.79 Å². The Balaban J connectivity index is 1.49. The smallest absolute Gasteiger partial charge is 0.326 e. The number of fused-ring (bicyclic) bond motifs is 4. The van der Waals surface area contributed by atoms with E-state index in [0.717, 1.165) is 42.3 Å². The normalized spacial score (nSPS) is 19.7. The van der Waals surface area contributed by atoms with Crippen molar-refractivity contribution < 1.29 is 13.9 Å². The number of carbonyl (C=O) groups excluding carboxylic acids is 1. The second-order valence-corrected chi connectivity index (χ2v) is 8.86. The van der Waals surface area contributed by atoms with Crippen molar-refractivity contribution in [3.05, 3.63) is 42.0 Å². The minimum atomic E-state index is -0.333. The maximum atomic E-state index is 14.5. The molecule has 4 aromatic rings. The van der Waals surface area contributed by atoms with E-state index in [0.29, 0.717) is 40.6 Å². The van der Waals surface area contributed by atoms with Gasteiger partial charge < -0.3 is 25.3 Å². The van der Waals surface area contributed by atoms with Crippen molar-refractivity contribution in [2.75, 3.05) is 36.9 Å². The molecule has 0 aliphatic carbocycles. The van der Waals surface area contributed by atoms with Crippen molar-refractivity contribution in [3.8, 4) is 11.8 Å². The van der Waals surface area contributed by atoms with E-state index in [1.54, 1.807) is 19.2 Å². The van der Waals surface area contributed by atoms with Gasteiger partial charge in [-0.25, -0.2) is 9.37 Å². The summed E-state index contributed by atoms with van der Waals surface area (Å²) in [5, 5.41) is 8.10. The lowest BCUT2D eigenvalue weighted by Crippen LogP contribution is -2.30. The molecule has 34 heavy (non-hydrogen) atoms. The molecule has 5 heterocycles. The van der Waals surface area contributed by atoms with Gasteiger partial charge in [0, 0.05) is 38.5 Å². The number of rotatable bonds is 5. The zero-order valence-corrected chi connectivity index (χ0v) is 18.9. The SMILES string of the molecule is CNc1cc(F)cc2c1[nH]c1nc(Oc3ccc(C(C)=O)nc3)nc(N3CC4CCNC4C3)c12. The molecule has 0 amide bonds. The van der Waals surface area contributed by atoms with Gasteiger partial charge in [-0.15, -0.1) is 0 Å². The Kier molecular flexibility index (Phi) is 4.84. The van der Waals surface area contributed by atoms with Gasteiger partial charge in [0.15, 0.2) is 5.78 Å². The second-order valence-electron chi connectivity index (χ2n) is 8.86. The fraction of sp³-hybridized carbons (Fsp3) is 0.333. The summed E-state index contributed by atoms with van der Waals surface area (Å²) in [5.74, 6) is 1.23. The average molecular weight is 462 g/mol. The molecule has 174 valence electrons. The van der Waals surface area contributed by atoms with Crippen molar-refractivity contribution in [2.45, 2.75) is 19.4 Å². The Morgan fingerprint density at radius 2 is 2.15 bits per heavy atom. The quantitative estimate of drug-likeness (QED) is 0.388. The maximum absolute atomic E-state index is 14.5. The van der Waals surface area contributed by atoms with Gasteiger partial charge in [0.05, 0.1) is 22.8 Å². The standard InChI is InChI=1S/C24H24FN7O2/c1-12(33)17-4-3-15(9-28-17)34-24-30-22-20(16-7-14(25)8-18(26-2)21(16)29-22)23(31-24)32-10-13-5-6-27-19(13)11-32/h3-4,7-9,13,19,26-27H,5-6,10-11H2,1-2H3,(H,29,30,31). The van der Waals surface area contributed by atoms with Crippen LogP contribution in [0.3, 0.4) is 0 Å². The van der Waals surface area contributed by atoms with E-state index in [-0.39, 0.29) is 17.6 Å². The molecule has 10 heteroatoms. The van der Waals surface area contributed by atoms with Crippen LogP contribution < -0.4 is 20.3 Å². The van der Waals surface area contributed by atoms with Crippen molar-refractivity contribution in [3.63, 3.8) is 0 Å². The Morgan fingerprint density at radius 3 is 2.88 bits per heavy atom. The number of nitrogens with one attached hydrogen (secondary N) is 3. The molecule has 2 fully saturated rings. The highest BCUT2D eigenvalue weighted by atomic mass is 19.1. The summed E-state index contributed by atoms with van der Waals surface area (Å²) >= 11 is 0. The van der Waals surface area contributed by atoms with E-state index in [9.17, 15) is 9.18 Å². The molecule has 0 saturated carbocycles. The number of Topliss-reactive ketones (excluding diaryl/α,β-unsaturated/α-hetero) is 1. The number of hydrogen-bond donors (Lipinski definition) is 3. The Labute approximate surface area is 194 Å². The number of benzene rings is 1. The molecule has 9 nitrogen and oxygen atoms in total. The van der Waals surface area contributed by atoms with Gasteiger partial charge in [0.25, 0.3) is 0 Å². The molecule has 2 aliphatic rings. The minimum absolute atomic E-state index is 0.120. The van der Waals surface area contributed by atoms with Crippen LogP contribution in [0.2, 0.25) is 0 Å². The van der Waals surface area contributed by atoms with Crippen LogP contribution in [0, 0.1) is 11.7 Å². The summed E-state index contributed by atoms with van der Waals surface area (Å²) in [5.41, 5.74) is 2.33. The van der Waals surface area contributed by atoms with Gasteiger partial charge in [-0.2, -0.15) is 9.97 Å². The molecule has 3 aromatic heterocycles. The summed E-state index contributed by atoms with van der Waals surface area (Å²) in [7, 11) is 1.76. The highest BCUT2D eigenvalue weighted by Crippen LogP contribution is 2.39. The largest absolute Gasteiger partial charge is 0.423 e. The highest BCUT2D eigenvalue weighted by Gasteiger charge is 2.37. The molecule has 0 radical (unpaired) electrons. The predicted octanol–water partition coefficient (Wildman–Crippen LogP) is 3.48. The Hall–Kier alpha value is -3.79. The first-order chi connectivity index (χ1) is 16.5. The van der Waals surface area contributed by atoms with Crippen LogP contribution >= 0.6 is 0 Å². The van der Waals surface area contributed by atoms with Crippen molar-refractivity contribution in [2.24, 2.45) is 5.92 Å². The van der Waals surface area contributed by atoms with Crippen molar-refractivity contribution in [1.29, 1.82) is 0 Å². The number of ketones is 1. The molecule has 6 rings (SSSR count). The molecule has 1 aromatic carbocycles. The van der Waals surface area contributed by atoms with E-state index in [1.807, 2.05) is 0 Å². The molecular weight excluding hydrogens is 437 g/mol. The Morgan fingerprint density at radius 1 is 1.26 bits per heavy atom. The summed E-state index contributed by atoms with van der Waals surface area (Å²) in [6, 6.07) is 6.81. The van der Waals surface area contributed by atoms with Gasteiger partial charge in [0.1, 0.15) is 28.7 Å². The zero-order valence-electron chi connectivity index (χ0n) is 18.9. The van der Waals surface area contributed by atoms with Crippen LogP contribution in [-0.4, -0.2) is 58.4 Å². The molecule has 2 aliphatic heterocycles. The first-order valence-corrected chi connectivity index (χ1v) is 11.3. The lowest BCUT2D eigenvalue weighted by atomic mass is 10.1. The highest BCUT2D eigenvalue weighted by molar-refractivity contribution is 6.14. The van der Waals surface area contributed by atoms with Gasteiger partial charge in [-0.05, 0) is 43.1 Å². The van der Waals surface area contributed by atoms with E-state index >= 15 is 0 Å². The predicted molar refractivity (Wildman–Crippen MR) is 127 cm³/mol. The lowest BCUT2D eigenvalue weighted by Gasteiger charge is -2.20. The van der Waals surface area contributed by atoms with Gasteiger partial charge >= 0.3 is 6.01 Å². The third kappa shape index (κ3) is 3.41. The topological polar surface area (TPSA) is 108 Å². The molecular formula is C24H24FN7O2. The van der Waals surface area contributed by atoms with E-state index < -0.39 is 0 Å². The fourth-order valence-corrected chi connectivity index (χ4v) is 5.07. The number of nitrogens with zero attached hydrogens (tertiary/aromatic N) is 4.